The molecule has 0 bridgehead atoms. The molecule has 0 fully saturated rings. The van der Waals surface area contributed by atoms with Gasteiger partial charge in [-0.05, 0) is 30.0 Å². The molecule has 0 saturated heterocycles. The molecule has 0 aliphatic rings. The first-order valence-electron chi connectivity index (χ1n) is 7.01. The van der Waals surface area contributed by atoms with Gasteiger partial charge in [-0.1, -0.05) is 19.9 Å². The number of rotatable bonds is 6. The lowest BCUT2D eigenvalue weighted by molar-refractivity contribution is 0.0559. The fourth-order valence-corrected chi connectivity index (χ4v) is 2.13. The summed E-state index contributed by atoms with van der Waals surface area (Å²) in [6.07, 6.45) is 5.14. The quantitative estimate of drug-likeness (QED) is 0.891. The third kappa shape index (κ3) is 4.09. The Morgan fingerprint density at radius 3 is 2.68 bits per heavy atom. The molecule has 2 heterocycles. The van der Waals surface area contributed by atoms with Crippen LogP contribution in [0.4, 0.5) is 8.78 Å². The van der Waals surface area contributed by atoms with E-state index in [1.807, 2.05) is 19.9 Å². The Labute approximate surface area is 127 Å². The molecule has 5 nitrogen and oxygen atoms in total. The van der Waals surface area contributed by atoms with E-state index in [0.717, 1.165) is 11.8 Å². The third-order valence-electron chi connectivity index (χ3n) is 3.14. The van der Waals surface area contributed by atoms with Crippen LogP contribution < -0.4 is 5.32 Å². The number of carbonyl (C=O) groups is 1. The summed E-state index contributed by atoms with van der Waals surface area (Å²) in [5.74, 6) is -0.127. The predicted molar refractivity (Wildman–Crippen MR) is 77.4 cm³/mol. The summed E-state index contributed by atoms with van der Waals surface area (Å²) in [5, 5.41) is 6.41. The Morgan fingerprint density at radius 2 is 2.14 bits per heavy atom. The molecule has 1 unspecified atom stereocenters. The zero-order chi connectivity index (χ0) is 16.1. The second-order valence-electron chi connectivity index (χ2n) is 5.40. The van der Waals surface area contributed by atoms with Crippen LogP contribution in [0.15, 0.2) is 36.8 Å². The van der Waals surface area contributed by atoms with Gasteiger partial charge in [-0.25, -0.2) is 4.68 Å². The van der Waals surface area contributed by atoms with E-state index in [4.69, 9.17) is 0 Å². The van der Waals surface area contributed by atoms with Crippen LogP contribution in [0, 0.1) is 5.92 Å². The van der Waals surface area contributed by atoms with Gasteiger partial charge in [0, 0.05) is 18.6 Å². The van der Waals surface area contributed by atoms with Gasteiger partial charge in [-0.3, -0.25) is 9.78 Å². The molecule has 2 aromatic heterocycles. The third-order valence-corrected chi connectivity index (χ3v) is 3.14. The highest BCUT2D eigenvalue weighted by Gasteiger charge is 2.19. The second-order valence-corrected chi connectivity index (χ2v) is 5.40. The molecule has 22 heavy (non-hydrogen) atoms. The Morgan fingerprint density at radius 1 is 1.36 bits per heavy atom. The molecular weight excluding hydrogens is 290 g/mol. The van der Waals surface area contributed by atoms with Crippen LogP contribution in [-0.2, 0) is 0 Å². The number of aromatic nitrogens is 3. The van der Waals surface area contributed by atoms with Gasteiger partial charge in [0.05, 0.1) is 6.04 Å². The van der Waals surface area contributed by atoms with Crippen molar-refractivity contribution in [1.82, 2.24) is 20.1 Å². The van der Waals surface area contributed by atoms with E-state index in [9.17, 15) is 13.6 Å². The van der Waals surface area contributed by atoms with Gasteiger partial charge in [0.2, 0.25) is 0 Å². The summed E-state index contributed by atoms with van der Waals surface area (Å²) in [7, 11) is 0. The van der Waals surface area contributed by atoms with Crippen molar-refractivity contribution in [3.63, 3.8) is 0 Å². The minimum absolute atomic E-state index is 0.0297. The molecule has 7 heteroatoms. The van der Waals surface area contributed by atoms with Gasteiger partial charge in [0.1, 0.15) is 5.69 Å². The topological polar surface area (TPSA) is 59.8 Å². The van der Waals surface area contributed by atoms with Gasteiger partial charge in [0.25, 0.3) is 5.91 Å². The lowest BCUT2D eigenvalue weighted by Gasteiger charge is -2.20. The van der Waals surface area contributed by atoms with Crippen molar-refractivity contribution in [3.8, 4) is 0 Å². The van der Waals surface area contributed by atoms with E-state index in [2.05, 4.69) is 15.4 Å². The zero-order valence-corrected chi connectivity index (χ0v) is 12.4. The maximum atomic E-state index is 12.5. The van der Waals surface area contributed by atoms with E-state index in [0.29, 0.717) is 17.0 Å². The van der Waals surface area contributed by atoms with Crippen molar-refractivity contribution in [2.45, 2.75) is 32.9 Å². The van der Waals surface area contributed by atoms with Crippen LogP contribution in [0.3, 0.4) is 0 Å². The van der Waals surface area contributed by atoms with Crippen molar-refractivity contribution in [2.75, 3.05) is 0 Å². The van der Waals surface area contributed by atoms with Crippen LogP contribution in [0.5, 0.6) is 0 Å². The van der Waals surface area contributed by atoms with Crippen LogP contribution in [0.1, 0.15) is 48.9 Å². The summed E-state index contributed by atoms with van der Waals surface area (Å²) >= 11 is 0. The minimum Gasteiger partial charge on any atom is -0.344 e. The Bertz CT molecular complexity index is 613. The van der Waals surface area contributed by atoms with Crippen LogP contribution >= 0.6 is 0 Å². The molecule has 1 atom stereocenters. The standard InChI is InChI=1S/C15H18F2N4O/c1-10(2)8-13(11-4-3-6-18-9-11)19-14(22)12-5-7-21(20-12)15(16)17/h3-7,9-10,13,15H,8H2,1-2H3,(H,19,22). The summed E-state index contributed by atoms with van der Waals surface area (Å²) in [6, 6.07) is 4.70. The highest BCUT2D eigenvalue weighted by molar-refractivity contribution is 5.92. The monoisotopic (exact) mass is 308 g/mol. The van der Waals surface area contributed by atoms with Crippen molar-refractivity contribution < 1.29 is 13.6 Å². The second kappa shape index (κ2) is 7.11. The summed E-state index contributed by atoms with van der Waals surface area (Å²) in [6.45, 7) is 1.33. The minimum atomic E-state index is -2.76. The summed E-state index contributed by atoms with van der Waals surface area (Å²) < 4.78 is 25.5. The fourth-order valence-electron chi connectivity index (χ4n) is 2.13. The Kier molecular flexibility index (Phi) is 5.19. The molecule has 0 aliphatic heterocycles. The van der Waals surface area contributed by atoms with Gasteiger partial charge in [0.15, 0.2) is 0 Å². The Balaban J connectivity index is 2.13. The molecule has 0 aromatic carbocycles. The molecule has 1 N–H and O–H groups in total. The number of nitrogens with one attached hydrogen (secondary N) is 1. The van der Waals surface area contributed by atoms with Crippen LogP contribution in [0.25, 0.3) is 0 Å². The van der Waals surface area contributed by atoms with Crippen LogP contribution in [-0.4, -0.2) is 20.7 Å². The molecule has 0 radical (unpaired) electrons. The first-order valence-corrected chi connectivity index (χ1v) is 7.01. The number of alkyl halides is 2. The molecular formula is C15H18F2N4O. The zero-order valence-electron chi connectivity index (χ0n) is 12.4. The predicted octanol–water partition coefficient (Wildman–Crippen LogP) is 3.19. The number of hydrogen-bond donors (Lipinski definition) is 1. The fraction of sp³-hybridized carbons (Fsp3) is 0.400. The first-order chi connectivity index (χ1) is 10.5. The van der Waals surface area contributed by atoms with Crippen LogP contribution in [0.2, 0.25) is 0 Å². The molecule has 0 aliphatic carbocycles. The SMILES string of the molecule is CC(C)CC(NC(=O)c1ccn(C(F)F)n1)c1cccnc1. The maximum Gasteiger partial charge on any atom is 0.333 e. The Hall–Kier alpha value is -2.31. The highest BCUT2D eigenvalue weighted by Crippen LogP contribution is 2.21. The van der Waals surface area contributed by atoms with Crippen molar-refractivity contribution in [3.05, 3.63) is 48.0 Å². The molecule has 0 saturated carbocycles. The van der Waals surface area contributed by atoms with Crippen molar-refractivity contribution >= 4 is 5.91 Å². The lowest BCUT2D eigenvalue weighted by Crippen LogP contribution is -2.30. The number of pyridine rings is 1. The number of amides is 1. The number of halogens is 2. The largest absolute Gasteiger partial charge is 0.344 e. The lowest BCUT2D eigenvalue weighted by atomic mass is 9.98. The van der Waals surface area contributed by atoms with Gasteiger partial charge >= 0.3 is 6.55 Å². The average molecular weight is 308 g/mol. The average Bonchev–Trinajstić information content (AvgIpc) is 2.97. The van der Waals surface area contributed by atoms with Gasteiger partial charge in [-0.2, -0.15) is 13.9 Å². The molecule has 2 aromatic rings. The molecule has 2 rings (SSSR count). The molecule has 1 amide bonds. The van der Waals surface area contributed by atoms with E-state index in [1.54, 1.807) is 18.5 Å². The number of carbonyl (C=O) groups excluding carboxylic acids is 1. The van der Waals surface area contributed by atoms with Crippen molar-refractivity contribution in [2.24, 2.45) is 5.92 Å². The molecule has 118 valence electrons. The normalized spacial score (nSPS) is 12.6. The van der Waals surface area contributed by atoms with E-state index in [-0.39, 0.29) is 11.7 Å². The van der Waals surface area contributed by atoms with E-state index in [1.165, 1.54) is 6.07 Å². The highest BCUT2D eigenvalue weighted by atomic mass is 19.3. The van der Waals surface area contributed by atoms with E-state index < -0.39 is 12.5 Å². The molecule has 0 spiro atoms. The first kappa shape index (κ1) is 16.1. The number of hydrogen-bond acceptors (Lipinski definition) is 3. The smallest absolute Gasteiger partial charge is 0.333 e. The maximum absolute atomic E-state index is 12.5. The van der Waals surface area contributed by atoms with Gasteiger partial charge < -0.3 is 5.32 Å². The number of nitrogens with zero attached hydrogens (tertiary/aromatic N) is 3. The van der Waals surface area contributed by atoms with E-state index >= 15 is 0 Å². The van der Waals surface area contributed by atoms with Gasteiger partial charge in [-0.15, -0.1) is 0 Å². The summed E-state index contributed by atoms with van der Waals surface area (Å²) in [5.41, 5.74) is 0.843. The summed E-state index contributed by atoms with van der Waals surface area (Å²) in [4.78, 5) is 16.2. The van der Waals surface area contributed by atoms with Crippen molar-refractivity contribution in [1.29, 1.82) is 0 Å².